The molecule has 0 spiro atoms. The van der Waals surface area contributed by atoms with E-state index in [-0.39, 0.29) is 0 Å². The van der Waals surface area contributed by atoms with Crippen molar-refractivity contribution in [3.05, 3.63) is 229 Å². The highest BCUT2D eigenvalue weighted by atomic mass is 16.5. The summed E-state index contributed by atoms with van der Waals surface area (Å²) in [6.07, 6.45) is 24.1. The third kappa shape index (κ3) is 15.7. The molecular formula is C88H94O6. The highest BCUT2D eigenvalue weighted by Crippen LogP contribution is 2.53. The fourth-order valence-electron chi connectivity index (χ4n) is 14.9. The summed E-state index contributed by atoms with van der Waals surface area (Å²) in [5.41, 5.74) is 12.2. The zero-order chi connectivity index (χ0) is 64.6. The summed E-state index contributed by atoms with van der Waals surface area (Å²) >= 11 is 0. The molecule has 0 aliphatic heterocycles. The van der Waals surface area contributed by atoms with Gasteiger partial charge in [-0.2, -0.15) is 0 Å². The molecule has 6 heteroatoms. The molecule has 0 bridgehead atoms. The molecule has 482 valence electrons. The number of hydrogen-bond acceptors (Lipinski definition) is 6. The van der Waals surface area contributed by atoms with Gasteiger partial charge in [-0.15, -0.1) is 0 Å². The van der Waals surface area contributed by atoms with Crippen LogP contribution >= 0.6 is 0 Å². The zero-order valence-electron chi connectivity index (χ0n) is 55.9. The van der Waals surface area contributed by atoms with E-state index in [1.54, 1.807) is 0 Å². The van der Waals surface area contributed by atoms with Crippen LogP contribution in [-0.4, -0.2) is 25.2 Å². The molecule has 12 rings (SSSR count). The highest BCUT2D eigenvalue weighted by molar-refractivity contribution is 6.15. The number of carbonyl (C=O) groups excluding carboxylic acids is 2. The molecule has 10 aromatic rings. The second-order valence-corrected chi connectivity index (χ2v) is 26.8. The van der Waals surface area contributed by atoms with Gasteiger partial charge in [0.05, 0.1) is 24.3 Å². The van der Waals surface area contributed by atoms with Crippen molar-refractivity contribution >= 4 is 33.5 Å². The second-order valence-electron chi connectivity index (χ2n) is 26.8. The lowest BCUT2D eigenvalue weighted by atomic mass is 9.77. The van der Waals surface area contributed by atoms with E-state index in [9.17, 15) is 0 Å². The van der Waals surface area contributed by atoms with Crippen LogP contribution in [0.4, 0.5) is 0 Å². The average Bonchev–Trinajstić information content (AvgIpc) is 0.737. The molecule has 0 amide bonds. The second kappa shape index (κ2) is 31.9. The van der Waals surface area contributed by atoms with E-state index in [0.717, 1.165) is 102 Å². The summed E-state index contributed by atoms with van der Waals surface area (Å²) in [4.78, 5) is 30.8. The first-order chi connectivity index (χ1) is 46.2. The fourth-order valence-corrected chi connectivity index (χ4v) is 14.9. The minimum atomic E-state index is -0.500. The van der Waals surface area contributed by atoms with E-state index < -0.39 is 11.9 Å². The molecule has 2 saturated carbocycles. The lowest BCUT2D eigenvalue weighted by Crippen LogP contribution is -2.13. The van der Waals surface area contributed by atoms with Gasteiger partial charge in [0.25, 0.3) is 0 Å². The van der Waals surface area contributed by atoms with Crippen LogP contribution in [0, 0.1) is 11.8 Å². The predicted molar refractivity (Wildman–Crippen MR) is 390 cm³/mol. The number of hydrogen-bond donors (Lipinski definition) is 0. The van der Waals surface area contributed by atoms with Gasteiger partial charge in [0.15, 0.2) is 0 Å². The quantitative estimate of drug-likeness (QED) is 0.0290. The highest BCUT2D eigenvalue weighted by Gasteiger charge is 2.30. The van der Waals surface area contributed by atoms with Crippen LogP contribution < -0.4 is 18.9 Å². The Balaban J connectivity index is 0.974. The molecule has 2 aliphatic carbocycles. The van der Waals surface area contributed by atoms with Crippen molar-refractivity contribution in [3.63, 3.8) is 0 Å². The largest absolute Gasteiger partial charge is 0.494 e. The molecule has 0 aromatic heterocycles. The Morgan fingerprint density at radius 1 is 0.351 bits per heavy atom. The molecule has 6 nitrogen and oxygen atoms in total. The Bertz CT molecular complexity index is 3820. The maximum atomic E-state index is 15.4. The Morgan fingerprint density at radius 3 is 1.04 bits per heavy atom. The average molecular weight is 1250 g/mol. The van der Waals surface area contributed by atoms with Crippen molar-refractivity contribution in [1.29, 1.82) is 0 Å². The molecule has 0 radical (unpaired) electrons. The van der Waals surface area contributed by atoms with Gasteiger partial charge in [-0.1, -0.05) is 237 Å². The van der Waals surface area contributed by atoms with Gasteiger partial charge in [-0.25, -0.2) is 9.59 Å². The van der Waals surface area contributed by atoms with E-state index in [4.69, 9.17) is 18.9 Å². The maximum absolute atomic E-state index is 15.4. The van der Waals surface area contributed by atoms with E-state index >= 15 is 9.59 Å². The van der Waals surface area contributed by atoms with Crippen LogP contribution in [0.15, 0.2) is 206 Å². The van der Waals surface area contributed by atoms with Crippen LogP contribution in [0.5, 0.6) is 23.0 Å². The Labute approximate surface area is 559 Å². The topological polar surface area (TPSA) is 71.1 Å². The summed E-state index contributed by atoms with van der Waals surface area (Å²) in [5.74, 6) is 4.07. The lowest BCUT2D eigenvalue weighted by molar-refractivity contribution is 0.0724. The van der Waals surface area contributed by atoms with Crippen LogP contribution in [0.3, 0.4) is 0 Å². The van der Waals surface area contributed by atoms with Crippen molar-refractivity contribution < 1.29 is 28.5 Å². The number of fused-ring (bicyclic) bond motifs is 2. The van der Waals surface area contributed by atoms with Crippen LogP contribution in [0.25, 0.3) is 77.2 Å². The number of esters is 2. The van der Waals surface area contributed by atoms with Gasteiger partial charge in [-0.05, 0) is 215 Å². The van der Waals surface area contributed by atoms with Gasteiger partial charge in [0.1, 0.15) is 23.0 Å². The number of benzene rings is 10. The van der Waals surface area contributed by atoms with Gasteiger partial charge in [-0.3, -0.25) is 0 Å². The first-order valence-electron chi connectivity index (χ1n) is 35.7. The first kappa shape index (κ1) is 65.3. The van der Waals surface area contributed by atoms with E-state index in [1.807, 2.05) is 84.9 Å². The number of rotatable bonds is 27. The summed E-state index contributed by atoms with van der Waals surface area (Å²) in [6, 6.07) is 70.7. The summed E-state index contributed by atoms with van der Waals surface area (Å²) in [5, 5.41) is 3.61. The van der Waals surface area contributed by atoms with E-state index in [0.29, 0.717) is 58.8 Å². The molecule has 0 N–H and O–H groups in total. The van der Waals surface area contributed by atoms with Crippen molar-refractivity contribution in [2.45, 2.75) is 168 Å². The third-order valence-electron chi connectivity index (χ3n) is 20.3. The van der Waals surface area contributed by atoms with Crippen molar-refractivity contribution in [1.82, 2.24) is 0 Å². The fraction of sp³-hybridized carbons (Fsp3) is 0.341. The van der Waals surface area contributed by atoms with Gasteiger partial charge in [0.2, 0.25) is 0 Å². The van der Waals surface area contributed by atoms with Gasteiger partial charge in [0, 0.05) is 22.3 Å². The molecule has 94 heavy (non-hydrogen) atoms. The first-order valence-corrected chi connectivity index (χ1v) is 35.7. The van der Waals surface area contributed by atoms with Gasteiger partial charge >= 0.3 is 11.9 Å². The molecule has 0 heterocycles. The summed E-state index contributed by atoms with van der Waals surface area (Å²) in [7, 11) is 0. The zero-order valence-corrected chi connectivity index (χ0v) is 55.9. The van der Waals surface area contributed by atoms with Crippen molar-refractivity contribution in [2.24, 2.45) is 11.8 Å². The lowest BCUT2D eigenvalue weighted by Gasteiger charge is -2.29. The monoisotopic (exact) mass is 1250 g/mol. The van der Waals surface area contributed by atoms with Crippen LogP contribution in [-0.2, 0) is 0 Å². The number of carbonyl (C=O) groups is 2. The van der Waals surface area contributed by atoms with Crippen molar-refractivity contribution in [2.75, 3.05) is 13.2 Å². The molecule has 2 fully saturated rings. The van der Waals surface area contributed by atoms with E-state index in [2.05, 4.69) is 149 Å². The number of unbranched alkanes of at least 4 members (excludes halogenated alkanes) is 6. The maximum Gasteiger partial charge on any atom is 0.343 e. The number of ether oxygens (including phenoxy) is 4. The molecule has 0 unspecified atom stereocenters. The predicted octanol–water partition coefficient (Wildman–Crippen LogP) is 24.8. The van der Waals surface area contributed by atoms with E-state index in [1.165, 1.54) is 127 Å². The molecule has 10 aromatic carbocycles. The smallest absolute Gasteiger partial charge is 0.343 e. The Morgan fingerprint density at radius 2 is 0.691 bits per heavy atom. The standard InChI is InChI=1S/C88H94O6/c1-5-9-11-17-57-91-77-53-49-69(50-54-77)67-37-45-73(46-38-67)87(89)93-85-81(71-41-33-65(34-42-71)63-29-25-61(19-7-3)26-30-63)59-75-21-13-15-23-79(75)83(85)84-80-24-16-14-22-76(80)60-82(72-43-35-66(36-44-72)64-31-27-62(20-8-4)28-32-64)86(84)94-88(90)74-47-39-68(40-48-74)70-51-55-78(56-52-70)92-58-18-12-10-6-2/h13-16,21-24,33-56,59-64H,5-12,17-20,25-32,57-58H2,1-4H3/t61-,62-,63-,64-. The third-order valence-corrected chi connectivity index (χ3v) is 20.3. The van der Waals surface area contributed by atoms with Crippen molar-refractivity contribution in [3.8, 4) is 78.6 Å². The molecule has 2 aliphatic rings. The minimum Gasteiger partial charge on any atom is -0.494 e. The van der Waals surface area contributed by atoms with Crippen LogP contribution in [0.1, 0.15) is 200 Å². The Kier molecular flexibility index (Phi) is 22.2. The van der Waals surface area contributed by atoms with Gasteiger partial charge < -0.3 is 18.9 Å². The summed E-state index contributed by atoms with van der Waals surface area (Å²) in [6.45, 7) is 10.4. The molecular weight excluding hydrogens is 1150 g/mol. The summed E-state index contributed by atoms with van der Waals surface area (Å²) < 4.78 is 26.4. The Hall–Kier alpha value is -8.74. The SMILES string of the molecule is CCCCCCOc1ccc(-c2ccc(C(=O)Oc3c(-c4ccc([C@H]5CC[C@H](CCC)CC5)cc4)cc4ccccc4c3-c3c(OC(=O)c4ccc(-c5ccc(OCCCCCC)cc5)cc4)c(-c4ccc([C@H]5CC[C@H](CCC)CC5)cc4)cc4ccccc34)cc2)cc1. The molecule has 0 saturated heterocycles. The normalized spacial score (nSPS) is 16.4. The molecule has 0 atom stereocenters. The minimum absolute atomic E-state index is 0.386. The van der Waals surface area contributed by atoms with Crippen LogP contribution in [0.2, 0.25) is 0 Å².